The van der Waals surface area contributed by atoms with E-state index in [4.69, 9.17) is 9.47 Å². The Morgan fingerprint density at radius 2 is 2.17 bits per heavy atom. The number of fused-ring (bicyclic) bond motifs is 1. The minimum atomic E-state index is 0.0997. The molecule has 0 fully saturated rings. The molecule has 1 aliphatic rings. The molecule has 0 aliphatic carbocycles. The van der Waals surface area contributed by atoms with Crippen LogP contribution in [-0.2, 0) is 7.05 Å². The zero-order valence-corrected chi connectivity index (χ0v) is 14.4. The third-order valence-electron chi connectivity index (χ3n) is 3.59. The highest BCUT2D eigenvalue weighted by Gasteiger charge is 2.18. The van der Waals surface area contributed by atoms with E-state index in [9.17, 15) is 4.79 Å². The van der Waals surface area contributed by atoms with Gasteiger partial charge in [0.1, 0.15) is 0 Å². The zero-order chi connectivity index (χ0) is 16.5. The monoisotopic (exact) mass is 359 g/mol. The average Bonchev–Trinajstić information content (AvgIpc) is 3.33. The van der Waals surface area contributed by atoms with Gasteiger partial charge in [0, 0.05) is 12.6 Å². The van der Waals surface area contributed by atoms with Gasteiger partial charge in [-0.15, -0.1) is 21.5 Å². The summed E-state index contributed by atoms with van der Waals surface area (Å²) in [6, 6.07) is 9.38. The second-order valence-electron chi connectivity index (χ2n) is 5.12. The van der Waals surface area contributed by atoms with E-state index in [1.807, 2.05) is 47.3 Å². The second kappa shape index (κ2) is 6.29. The van der Waals surface area contributed by atoms with E-state index in [2.05, 4.69) is 10.2 Å². The van der Waals surface area contributed by atoms with Gasteiger partial charge in [0.05, 0.1) is 10.6 Å². The molecule has 0 radical (unpaired) electrons. The molecule has 0 saturated carbocycles. The van der Waals surface area contributed by atoms with Gasteiger partial charge in [0.25, 0.3) is 0 Å². The van der Waals surface area contributed by atoms with Crippen LogP contribution in [0.15, 0.2) is 40.9 Å². The Kier molecular flexibility index (Phi) is 3.99. The van der Waals surface area contributed by atoms with E-state index in [0.29, 0.717) is 16.7 Å². The maximum absolute atomic E-state index is 12.1. The first kappa shape index (κ1) is 15.2. The lowest BCUT2D eigenvalue weighted by molar-refractivity contribution is 0.102. The molecular weight excluding hydrogens is 346 g/mol. The van der Waals surface area contributed by atoms with Crippen LogP contribution >= 0.6 is 23.1 Å². The fraction of sp³-hybridized carbons (Fsp3) is 0.188. The molecule has 0 unspecified atom stereocenters. The number of Topliss-reactive ketones (excluding diaryl/α,β-unsaturated/α-hetero) is 1. The molecule has 0 saturated heterocycles. The molecule has 0 spiro atoms. The lowest BCUT2D eigenvalue weighted by Crippen LogP contribution is -2.02. The summed E-state index contributed by atoms with van der Waals surface area (Å²) in [5.74, 6) is 2.60. The van der Waals surface area contributed by atoms with E-state index >= 15 is 0 Å². The SMILES string of the molecule is Cn1c(SCC(=O)c2cccs2)nnc1-c1ccc2c(c1)OCO2. The first-order valence-electron chi connectivity index (χ1n) is 7.21. The summed E-state index contributed by atoms with van der Waals surface area (Å²) in [5.41, 5.74) is 0.894. The Morgan fingerprint density at radius 1 is 1.29 bits per heavy atom. The number of carbonyl (C=O) groups is 1. The third-order valence-corrected chi connectivity index (χ3v) is 5.53. The predicted octanol–water partition coefficient (Wildman–Crippen LogP) is 3.25. The van der Waals surface area contributed by atoms with Crippen molar-refractivity contribution in [2.75, 3.05) is 12.5 Å². The summed E-state index contributed by atoms with van der Waals surface area (Å²) in [6.45, 7) is 0.240. The normalized spacial score (nSPS) is 12.5. The van der Waals surface area contributed by atoms with Gasteiger partial charge in [-0.1, -0.05) is 17.8 Å². The molecule has 2 aromatic heterocycles. The molecule has 1 aromatic carbocycles. The fourth-order valence-corrected chi connectivity index (χ4v) is 3.92. The minimum Gasteiger partial charge on any atom is -0.454 e. The molecule has 8 heteroatoms. The van der Waals surface area contributed by atoms with Gasteiger partial charge in [-0.05, 0) is 29.6 Å². The molecule has 4 rings (SSSR count). The van der Waals surface area contributed by atoms with Gasteiger partial charge in [-0.3, -0.25) is 4.79 Å². The van der Waals surface area contributed by atoms with Gasteiger partial charge < -0.3 is 14.0 Å². The van der Waals surface area contributed by atoms with E-state index < -0.39 is 0 Å². The van der Waals surface area contributed by atoms with E-state index in [1.165, 1.54) is 23.1 Å². The van der Waals surface area contributed by atoms with Crippen LogP contribution in [0.3, 0.4) is 0 Å². The minimum absolute atomic E-state index is 0.0997. The molecule has 0 amide bonds. The van der Waals surface area contributed by atoms with Gasteiger partial charge in [-0.25, -0.2) is 0 Å². The summed E-state index contributed by atoms with van der Waals surface area (Å²) < 4.78 is 12.6. The maximum atomic E-state index is 12.1. The first-order valence-corrected chi connectivity index (χ1v) is 9.08. The van der Waals surface area contributed by atoms with Crippen molar-refractivity contribution in [3.8, 4) is 22.9 Å². The molecule has 24 heavy (non-hydrogen) atoms. The maximum Gasteiger partial charge on any atom is 0.231 e. The van der Waals surface area contributed by atoms with Crippen molar-refractivity contribution in [2.24, 2.45) is 7.05 Å². The van der Waals surface area contributed by atoms with Crippen LogP contribution in [0, 0.1) is 0 Å². The third kappa shape index (κ3) is 2.78. The first-order chi connectivity index (χ1) is 11.7. The second-order valence-corrected chi connectivity index (χ2v) is 7.01. The van der Waals surface area contributed by atoms with Crippen molar-refractivity contribution in [1.82, 2.24) is 14.8 Å². The fourth-order valence-electron chi connectivity index (χ4n) is 2.37. The molecule has 6 nitrogen and oxygen atoms in total. The standard InChI is InChI=1S/C16H13N3O3S2/c1-19-15(10-4-5-12-13(7-10)22-9-21-12)17-18-16(19)24-8-11(20)14-3-2-6-23-14/h2-7H,8-9H2,1H3. The largest absolute Gasteiger partial charge is 0.454 e. The predicted molar refractivity (Wildman–Crippen MR) is 91.9 cm³/mol. The quantitative estimate of drug-likeness (QED) is 0.515. The van der Waals surface area contributed by atoms with Gasteiger partial charge in [-0.2, -0.15) is 0 Å². The summed E-state index contributed by atoms with van der Waals surface area (Å²) in [4.78, 5) is 12.9. The molecule has 3 heterocycles. The van der Waals surface area contributed by atoms with E-state index in [-0.39, 0.29) is 12.6 Å². The highest BCUT2D eigenvalue weighted by molar-refractivity contribution is 7.99. The number of ketones is 1. The number of hydrogen-bond donors (Lipinski definition) is 0. The zero-order valence-electron chi connectivity index (χ0n) is 12.8. The summed E-state index contributed by atoms with van der Waals surface area (Å²) in [5, 5.41) is 11.0. The Bertz CT molecular complexity index is 890. The van der Waals surface area contributed by atoms with Crippen LogP contribution in [-0.4, -0.2) is 33.1 Å². The number of aromatic nitrogens is 3. The molecule has 0 N–H and O–H groups in total. The summed E-state index contributed by atoms with van der Waals surface area (Å²) >= 11 is 2.84. The van der Waals surface area contributed by atoms with E-state index in [0.717, 1.165) is 22.0 Å². The topological polar surface area (TPSA) is 66.2 Å². The molecule has 122 valence electrons. The van der Waals surface area contributed by atoms with E-state index in [1.54, 1.807) is 0 Å². The number of thiophene rings is 1. The molecule has 0 atom stereocenters. The van der Waals surface area contributed by atoms with Crippen molar-refractivity contribution in [1.29, 1.82) is 0 Å². The number of carbonyl (C=O) groups excluding carboxylic acids is 1. The number of nitrogens with zero attached hydrogens (tertiary/aromatic N) is 3. The number of hydrogen-bond acceptors (Lipinski definition) is 7. The van der Waals surface area contributed by atoms with Crippen LogP contribution in [0.25, 0.3) is 11.4 Å². The lowest BCUT2D eigenvalue weighted by Gasteiger charge is -2.04. The Balaban J connectivity index is 1.52. The van der Waals surface area contributed by atoms with Crippen molar-refractivity contribution in [2.45, 2.75) is 5.16 Å². The van der Waals surface area contributed by atoms with Crippen molar-refractivity contribution < 1.29 is 14.3 Å². The highest BCUT2D eigenvalue weighted by atomic mass is 32.2. The van der Waals surface area contributed by atoms with Crippen LogP contribution < -0.4 is 9.47 Å². The van der Waals surface area contributed by atoms with Crippen molar-refractivity contribution in [3.05, 3.63) is 40.6 Å². The van der Waals surface area contributed by atoms with Gasteiger partial charge in [0.2, 0.25) is 6.79 Å². The lowest BCUT2D eigenvalue weighted by atomic mass is 10.2. The molecular formula is C16H13N3O3S2. The Hall–Kier alpha value is -2.32. The number of thioether (sulfide) groups is 1. The number of ether oxygens (including phenoxy) is 2. The smallest absolute Gasteiger partial charge is 0.231 e. The summed E-state index contributed by atoms with van der Waals surface area (Å²) in [7, 11) is 1.89. The Labute approximate surface area is 146 Å². The highest BCUT2D eigenvalue weighted by Crippen LogP contribution is 2.35. The van der Waals surface area contributed by atoms with Crippen LogP contribution in [0.2, 0.25) is 0 Å². The Morgan fingerprint density at radius 3 is 3.00 bits per heavy atom. The van der Waals surface area contributed by atoms with Gasteiger partial charge >= 0.3 is 0 Å². The van der Waals surface area contributed by atoms with Crippen LogP contribution in [0.5, 0.6) is 11.5 Å². The van der Waals surface area contributed by atoms with Crippen LogP contribution in [0.4, 0.5) is 0 Å². The molecule has 1 aliphatic heterocycles. The molecule has 3 aromatic rings. The van der Waals surface area contributed by atoms with Gasteiger partial charge in [0.15, 0.2) is 28.3 Å². The van der Waals surface area contributed by atoms with Crippen molar-refractivity contribution in [3.63, 3.8) is 0 Å². The molecule has 0 bridgehead atoms. The number of benzene rings is 1. The average molecular weight is 359 g/mol. The van der Waals surface area contributed by atoms with Crippen molar-refractivity contribution >= 4 is 28.9 Å². The summed E-state index contributed by atoms with van der Waals surface area (Å²) in [6.07, 6.45) is 0. The number of rotatable bonds is 5. The van der Waals surface area contributed by atoms with Crippen LogP contribution in [0.1, 0.15) is 9.67 Å².